The predicted octanol–water partition coefficient (Wildman–Crippen LogP) is 3.26. The van der Waals surface area contributed by atoms with Crippen molar-refractivity contribution in [3.05, 3.63) is 46.4 Å². The molecule has 0 saturated carbocycles. The van der Waals surface area contributed by atoms with E-state index in [0.717, 1.165) is 27.6 Å². The summed E-state index contributed by atoms with van der Waals surface area (Å²) in [4.78, 5) is 8.47. The van der Waals surface area contributed by atoms with Crippen LogP contribution >= 0.6 is 11.6 Å². The van der Waals surface area contributed by atoms with Crippen LogP contribution in [0.4, 0.5) is 0 Å². The van der Waals surface area contributed by atoms with Gasteiger partial charge in [0.25, 0.3) is 0 Å². The number of hydrogen-bond acceptors (Lipinski definition) is 4. The molecule has 0 radical (unpaired) electrons. The number of nitrogens with zero attached hydrogens (tertiary/aromatic N) is 2. The van der Waals surface area contributed by atoms with Gasteiger partial charge in [0.1, 0.15) is 5.75 Å². The van der Waals surface area contributed by atoms with E-state index in [1.807, 2.05) is 33.0 Å². The zero-order chi connectivity index (χ0) is 13.8. The van der Waals surface area contributed by atoms with Crippen LogP contribution in [0.1, 0.15) is 16.8 Å². The summed E-state index contributed by atoms with van der Waals surface area (Å²) in [6.07, 6.45) is 3.31. The average Bonchev–Trinajstić information content (AvgIpc) is 2.38. The Morgan fingerprint density at radius 1 is 1.16 bits per heavy atom. The molecule has 1 heterocycles. The van der Waals surface area contributed by atoms with Gasteiger partial charge < -0.3 is 10.1 Å². The van der Waals surface area contributed by atoms with E-state index >= 15 is 0 Å². The van der Waals surface area contributed by atoms with Crippen molar-refractivity contribution in [3.8, 4) is 11.6 Å². The van der Waals surface area contributed by atoms with E-state index in [-0.39, 0.29) is 0 Å². The van der Waals surface area contributed by atoms with Crippen molar-refractivity contribution < 1.29 is 4.74 Å². The lowest BCUT2D eigenvalue weighted by atomic mass is 10.1. The van der Waals surface area contributed by atoms with Gasteiger partial charge in [0, 0.05) is 11.6 Å². The van der Waals surface area contributed by atoms with Gasteiger partial charge in [-0.05, 0) is 44.2 Å². The zero-order valence-electron chi connectivity index (χ0n) is 11.2. The van der Waals surface area contributed by atoms with Crippen molar-refractivity contribution in [2.24, 2.45) is 0 Å². The Kier molecular flexibility index (Phi) is 4.35. The lowest BCUT2D eigenvalue weighted by Gasteiger charge is -2.09. The molecule has 0 aliphatic heterocycles. The van der Waals surface area contributed by atoms with E-state index in [2.05, 4.69) is 15.3 Å². The van der Waals surface area contributed by atoms with Gasteiger partial charge in [-0.3, -0.25) is 4.98 Å². The molecule has 100 valence electrons. The molecule has 4 nitrogen and oxygen atoms in total. The van der Waals surface area contributed by atoms with Crippen molar-refractivity contribution in [1.82, 2.24) is 15.3 Å². The summed E-state index contributed by atoms with van der Waals surface area (Å²) in [7, 11) is 1.87. The van der Waals surface area contributed by atoms with Crippen molar-refractivity contribution in [2.75, 3.05) is 7.05 Å². The summed E-state index contributed by atoms with van der Waals surface area (Å²) in [6, 6.07) is 3.77. The van der Waals surface area contributed by atoms with E-state index in [1.54, 1.807) is 12.4 Å². The largest absolute Gasteiger partial charge is 0.437 e. The van der Waals surface area contributed by atoms with Crippen molar-refractivity contribution in [3.63, 3.8) is 0 Å². The molecule has 0 saturated heterocycles. The highest BCUT2D eigenvalue weighted by Gasteiger charge is 2.05. The maximum atomic E-state index is 6.12. The van der Waals surface area contributed by atoms with Gasteiger partial charge in [0.2, 0.25) is 5.88 Å². The van der Waals surface area contributed by atoms with Gasteiger partial charge in [-0.1, -0.05) is 11.6 Å². The Bertz CT molecular complexity index is 546. The van der Waals surface area contributed by atoms with Crippen LogP contribution in [0.2, 0.25) is 5.02 Å². The topological polar surface area (TPSA) is 47.0 Å². The van der Waals surface area contributed by atoms with Crippen molar-refractivity contribution >= 4 is 11.6 Å². The third-order valence-electron chi connectivity index (χ3n) is 2.67. The number of aromatic nitrogens is 2. The Hall–Kier alpha value is -1.65. The minimum absolute atomic E-state index is 0.473. The number of aryl methyl sites for hydroxylation is 2. The van der Waals surface area contributed by atoms with Gasteiger partial charge in [-0.2, -0.15) is 0 Å². The van der Waals surface area contributed by atoms with E-state index in [0.29, 0.717) is 12.4 Å². The summed E-state index contributed by atoms with van der Waals surface area (Å²) in [5.41, 5.74) is 2.84. The zero-order valence-corrected chi connectivity index (χ0v) is 12.0. The second-order valence-corrected chi connectivity index (χ2v) is 4.73. The molecular formula is C14H16ClN3O. The highest BCUT2D eigenvalue weighted by atomic mass is 35.5. The highest BCUT2D eigenvalue weighted by Crippen LogP contribution is 2.28. The molecule has 5 heteroatoms. The van der Waals surface area contributed by atoms with E-state index in [9.17, 15) is 0 Å². The third-order valence-corrected chi connectivity index (χ3v) is 3.27. The second-order valence-electron chi connectivity index (χ2n) is 4.35. The van der Waals surface area contributed by atoms with Gasteiger partial charge >= 0.3 is 0 Å². The average molecular weight is 278 g/mol. The van der Waals surface area contributed by atoms with Crippen LogP contribution < -0.4 is 10.1 Å². The molecule has 2 aromatic rings. The maximum absolute atomic E-state index is 6.12. The smallest absolute Gasteiger partial charge is 0.237 e. The molecule has 1 aromatic carbocycles. The first-order valence-electron chi connectivity index (χ1n) is 6.00. The second kappa shape index (κ2) is 5.99. The fraction of sp³-hybridized carbons (Fsp3) is 0.286. The molecule has 0 unspecified atom stereocenters. The monoisotopic (exact) mass is 277 g/mol. The van der Waals surface area contributed by atoms with Crippen molar-refractivity contribution in [2.45, 2.75) is 20.4 Å². The highest BCUT2D eigenvalue weighted by molar-refractivity contribution is 6.32. The Labute approximate surface area is 117 Å². The SMILES string of the molecule is CNCc1cnc(Oc2cc(C)c(Cl)c(C)c2)cn1. The number of rotatable bonds is 4. The Morgan fingerprint density at radius 2 is 1.84 bits per heavy atom. The normalized spacial score (nSPS) is 10.5. The molecule has 0 atom stereocenters. The summed E-state index contributed by atoms with van der Waals surface area (Å²) in [6.45, 7) is 4.58. The Balaban J connectivity index is 2.17. The number of halogens is 1. The minimum atomic E-state index is 0.473. The van der Waals surface area contributed by atoms with Gasteiger partial charge in [-0.15, -0.1) is 0 Å². The fourth-order valence-corrected chi connectivity index (χ4v) is 1.86. The molecule has 0 bridgehead atoms. The predicted molar refractivity (Wildman–Crippen MR) is 75.8 cm³/mol. The molecule has 0 spiro atoms. The van der Waals surface area contributed by atoms with Gasteiger partial charge in [0.05, 0.1) is 18.1 Å². The standard InChI is InChI=1S/C14H16ClN3O/c1-9-4-12(5-10(2)14(9)15)19-13-8-17-11(6-16-3)7-18-13/h4-5,7-8,16H,6H2,1-3H3. The van der Waals surface area contributed by atoms with E-state index in [1.165, 1.54) is 0 Å². The lowest BCUT2D eigenvalue weighted by Crippen LogP contribution is -2.07. The fourth-order valence-electron chi connectivity index (χ4n) is 1.75. The molecule has 2 rings (SSSR count). The molecule has 1 aromatic heterocycles. The molecule has 19 heavy (non-hydrogen) atoms. The molecule has 0 amide bonds. The van der Waals surface area contributed by atoms with Crippen LogP contribution in [0, 0.1) is 13.8 Å². The molecule has 0 aliphatic rings. The molecule has 1 N–H and O–H groups in total. The number of nitrogens with one attached hydrogen (secondary N) is 1. The van der Waals surface area contributed by atoms with E-state index in [4.69, 9.17) is 16.3 Å². The minimum Gasteiger partial charge on any atom is -0.437 e. The molecule has 0 aliphatic carbocycles. The Morgan fingerprint density at radius 3 is 2.37 bits per heavy atom. The molecular weight excluding hydrogens is 262 g/mol. The van der Waals surface area contributed by atoms with Crippen LogP contribution in [-0.4, -0.2) is 17.0 Å². The first-order chi connectivity index (χ1) is 9.10. The summed E-state index contributed by atoms with van der Waals surface area (Å²) in [5.74, 6) is 1.19. The third kappa shape index (κ3) is 3.43. The van der Waals surface area contributed by atoms with Gasteiger partial charge in [0.15, 0.2) is 0 Å². The quantitative estimate of drug-likeness (QED) is 0.932. The summed E-state index contributed by atoms with van der Waals surface area (Å²) in [5, 5.41) is 3.78. The van der Waals surface area contributed by atoms with Crippen LogP contribution in [0.15, 0.2) is 24.5 Å². The number of hydrogen-bond donors (Lipinski definition) is 1. The number of ether oxygens (including phenoxy) is 1. The van der Waals surface area contributed by atoms with E-state index < -0.39 is 0 Å². The first kappa shape index (κ1) is 13.8. The maximum Gasteiger partial charge on any atom is 0.237 e. The van der Waals surface area contributed by atoms with Gasteiger partial charge in [-0.25, -0.2) is 4.98 Å². The molecule has 0 fully saturated rings. The number of benzene rings is 1. The van der Waals surface area contributed by atoms with Crippen LogP contribution in [0.3, 0.4) is 0 Å². The first-order valence-corrected chi connectivity index (χ1v) is 6.38. The lowest BCUT2D eigenvalue weighted by molar-refractivity contribution is 0.458. The van der Waals surface area contributed by atoms with Crippen LogP contribution in [0.5, 0.6) is 11.6 Å². The van der Waals surface area contributed by atoms with Crippen LogP contribution in [-0.2, 0) is 6.54 Å². The summed E-state index contributed by atoms with van der Waals surface area (Å²) >= 11 is 6.12. The van der Waals surface area contributed by atoms with Crippen molar-refractivity contribution in [1.29, 1.82) is 0 Å². The summed E-state index contributed by atoms with van der Waals surface area (Å²) < 4.78 is 5.68. The van der Waals surface area contributed by atoms with Crippen LogP contribution in [0.25, 0.3) is 0 Å².